The van der Waals surface area contributed by atoms with E-state index in [-0.39, 0.29) is 12.3 Å². The molecular weight excluding hydrogens is 430 g/mol. The van der Waals surface area contributed by atoms with Crippen LogP contribution in [-0.4, -0.2) is 23.9 Å². The molecule has 1 amide bonds. The molecule has 0 saturated carbocycles. The summed E-state index contributed by atoms with van der Waals surface area (Å²) < 4.78 is 0. The Balaban J connectivity index is 0.000000255. The zero-order valence-electron chi connectivity index (χ0n) is 20.6. The summed E-state index contributed by atoms with van der Waals surface area (Å²) in [5.41, 5.74) is 4.47. The van der Waals surface area contributed by atoms with Crippen LogP contribution in [0.25, 0.3) is 0 Å². The molecule has 3 rings (SSSR count). The van der Waals surface area contributed by atoms with Crippen LogP contribution in [-0.2, 0) is 11.2 Å². The summed E-state index contributed by atoms with van der Waals surface area (Å²) in [6, 6.07) is 17.8. The lowest BCUT2D eigenvalue weighted by Gasteiger charge is -2.18. The molecule has 5 heteroatoms. The zero-order chi connectivity index (χ0) is 24.8. The smallest absolute Gasteiger partial charge is 0.236 e. The Bertz CT molecular complexity index is 974. The Morgan fingerprint density at radius 2 is 1.88 bits per heavy atom. The normalized spacial score (nSPS) is 15.2. The number of hydrogen-bond donors (Lipinski definition) is 0. The van der Waals surface area contributed by atoms with Crippen LogP contribution in [0.4, 0.5) is 0 Å². The summed E-state index contributed by atoms with van der Waals surface area (Å²) in [6.45, 7) is 12.4. The Morgan fingerprint density at radius 1 is 1.18 bits per heavy atom. The van der Waals surface area contributed by atoms with Gasteiger partial charge in [0, 0.05) is 13.1 Å². The van der Waals surface area contributed by atoms with Gasteiger partial charge in [-0.25, -0.2) is 0 Å². The number of amides is 1. The molecule has 0 aliphatic carbocycles. The van der Waals surface area contributed by atoms with E-state index in [4.69, 9.17) is 22.1 Å². The molecule has 2 aromatic rings. The average molecular weight is 466 g/mol. The predicted molar refractivity (Wildman–Crippen MR) is 136 cm³/mol. The van der Waals surface area contributed by atoms with Gasteiger partial charge >= 0.3 is 0 Å². The highest BCUT2D eigenvalue weighted by atomic mass is 35.5. The monoisotopic (exact) mass is 465 g/mol. The minimum atomic E-state index is -0.00157. The molecule has 1 heterocycles. The first-order valence-corrected chi connectivity index (χ1v) is 12.0. The Morgan fingerprint density at radius 3 is 2.39 bits per heavy atom. The molecule has 2 unspecified atom stereocenters. The fourth-order valence-corrected chi connectivity index (χ4v) is 3.99. The second-order valence-corrected chi connectivity index (χ2v) is 8.89. The summed E-state index contributed by atoms with van der Waals surface area (Å²) in [5.74, 6) is 1.33. The Labute approximate surface area is 204 Å². The topological polar surface area (TPSA) is 67.9 Å². The molecular formula is C28H36ClN3O. The van der Waals surface area contributed by atoms with Gasteiger partial charge in [0.1, 0.15) is 12.5 Å². The van der Waals surface area contributed by atoms with Crippen LogP contribution in [0.3, 0.4) is 0 Å². The number of hydrogen-bond acceptors (Lipinski definition) is 3. The van der Waals surface area contributed by atoms with Crippen molar-refractivity contribution in [3.8, 4) is 12.1 Å². The van der Waals surface area contributed by atoms with Crippen molar-refractivity contribution in [2.75, 3.05) is 13.1 Å². The van der Waals surface area contributed by atoms with E-state index in [1.165, 1.54) is 17.5 Å². The molecule has 1 aliphatic rings. The first-order chi connectivity index (χ1) is 15.8. The number of nitriles is 2. The molecule has 2 aromatic carbocycles. The molecule has 1 saturated heterocycles. The van der Waals surface area contributed by atoms with Crippen molar-refractivity contribution < 1.29 is 4.79 Å². The average Bonchev–Trinajstić information content (AvgIpc) is 3.31. The molecule has 176 valence electrons. The second kappa shape index (κ2) is 15.1. The highest BCUT2D eigenvalue weighted by Gasteiger charge is 2.28. The summed E-state index contributed by atoms with van der Waals surface area (Å²) in [5, 5.41) is 17.4. The summed E-state index contributed by atoms with van der Waals surface area (Å²) >= 11 is 5.71. The van der Waals surface area contributed by atoms with Crippen LogP contribution in [0.1, 0.15) is 62.3 Å². The van der Waals surface area contributed by atoms with Crippen molar-refractivity contribution in [2.24, 2.45) is 11.8 Å². The van der Waals surface area contributed by atoms with Gasteiger partial charge in [-0.2, -0.15) is 10.5 Å². The second-order valence-electron chi connectivity index (χ2n) is 8.48. The first kappa shape index (κ1) is 28.2. The van der Waals surface area contributed by atoms with E-state index in [0.717, 1.165) is 31.5 Å². The van der Waals surface area contributed by atoms with E-state index >= 15 is 0 Å². The number of nitrogens with zero attached hydrogens (tertiary/aromatic N) is 3. The maximum absolute atomic E-state index is 11.4. The third-order valence-corrected chi connectivity index (χ3v) is 6.46. The van der Waals surface area contributed by atoms with Crippen molar-refractivity contribution in [1.82, 2.24) is 4.90 Å². The predicted octanol–water partition coefficient (Wildman–Crippen LogP) is 6.87. The molecule has 0 bridgehead atoms. The van der Waals surface area contributed by atoms with E-state index in [0.29, 0.717) is 22.4 Å². The van der Waals surface area contributed by atoms with Crippen LogP contribution in [0.5, 0.6) is 0 Å². The highest BCUT2D eigenvalue weighted by molar-refractivity contribution is 6.31. The zero-order valence-corrected chi connectivity index (χ0v) is 21.3. The largest absolute Gasteiger partial charge is 0.342 e. The van der Waals surface area contributed by atoms with E-state index < -0.39 is 0 Å². The van der Waals surface area contributed by atoms with Gasteiger partial charge in [-0.1, -0.05) is 69.1 Å². The number of likely N-dealkylation sites (tertiary alicyclic amines) is 1. The lowest BCUT2D eigenvalue weighted by molar-refractivity contribution is -0.129. The van der Waals surface area contributed by atoms with Gasteiger partial charge < -0.3 is 4.90 Å². The number of carbonyl (C=O) groups excluding carboxylic acids is 1. The maximum Gasteiger partial charge on any atom is 0.236 e. The fourth-order valence-electron chi connectivity index (χ4n) is 3.71. The summed E-state index contributed by atoms with van der Waals surface area (Å²) in [4.78, 5) is 13.2. The van der Waals surface area contributed by atoms with Gasteiger partial charge in [0.15, 0.2) is 0 Å². The van der Waals surface area contributed by atoms with Crippen LogP contribution >= 0.6 is 11.6 Å². The SMILES string of the molecule is CCC(C)C1CCN(C(=O)CC#N)C1.CCc1ccccc1C.Cc1ccc(C#N)c(Cl)c1. The van der Waals surface area contributed by atoms with Crippen molar-refractivity contribution in [3.05, 3.63) is 69.7 Å². The number of carbonyl (C=O) groups is 1. The molecule has 0 radical (unpaired) electrons. The van der Waals surface area contributed by atoms with Gasteiger partial charge in [-0.05, 0) is 67.3 Å². The van der Waals surface area contributed by atoms with Crippen LogP contribution in [0.2, 0.25) is 5.02 Å². The molecule has 1 aliphatic heterocycles. The van der Waals surface area contributed by atoms with E-state index in [1.807, 2.05) is 30.0 Å². The molecule has 4 nitrogen and oxygen atoms in total. The Kier molecular flexibility index (Phi) is 12.9. The van der Waals surface area contributed by atoms with Gasteiger partial charge in [0.25, 0.3) is 0 Å². The molecule has 0 aromatic heterocycles. The van der Waals surface area contributed by atoms with Crippen LogP contribution in [0, 0.1) is 48.3 Å². The molecule has 0 N–H and O–H groups in total. The van der Waals surface area contributed by atoms with Crippen molar-refractivity contribution in [3.63, 3.8) is 0 Å². The standard InChI is InChI=1S/C11H18N2O.C9H12.C8H6ClN/c1-3-9(2)10-5-7-13(8-10)11(14)4-6-12;1-3-9-7-5-4-6-8(9)2;1-6-2-3-7(5-10)8(9)4-6/h9-10H,3-5,7-8H2,1-2H3;4-7H,3H2,1-2H3;2-4H,1H3. The quantitative estimate of drug-likeness (QED) is 0.494. The maximum atomic E-state index is 11.4. The van der Waals surface area contributed by atoms with E-state index in [2.05, 4.69) is 52.0 Å². The molecule has 33 heavy (non-hydrogen) atoms. The fraction of sp³-hybridized carbons (Fsp3) is 0.464. The number of benzene rings is 2. The third kappa shape index (κ3) is 9.68. The number of aryl methyl sites for hydroxylation is 3. The lowest BCUT2D eigenvalue weighted by Crippen LogP contribution is -2.28. The summed E-state index contributed by atoms with van der Waals surface area (Å²) in [7, 11) is 0. The van der Waals surface area contributed by atoms with Crippen LogP contribution in [0.15, 0.2) is 42.5 Å². The van der Waals surface area contributed by atoms with Gasteiger partial charge in [0.05, 0.1) is 16.7 Å². The van der Waals surface area contributed by atoms with E-state index in [9.17, 15) is 4.79 Å². The van der Waals surface area contributed by atoms with Crippen molar-refractivity contribution >= 4 is 17.5 Å². The lowest BCUT2D eigenvalue weighted by atomic mass is 9.91. The van der Waals surface area contributed by atoms with Gasteiger partial charge in [-0.3, -0.25) is 4.79 Å². The van der Waals surface area contributed by atoms with Gasteiger partial charge in [0.2, 0.25) is 5.91 Å². The molecule has 1 fully saturated rings. The van der Waals surface area contributed by atoms with E-state index in [1.54, 1.807) is 12.1 Å². The number of halogens is 1. The summed E-state index contributed by atoms with van der Waals surface area (Å²) in [6.07, 6.45) is 3.46. The molecule has 2 atom stereocenters. The highest BCUT2D eigenvalue weighted by Crippen LogP contribution is 2.26. The first-order valence-electron chi connectivity index (χ1n) is 11.6. The third-order valence-electron chi connectivity index (χ3n) is 6.14. The minimum absolute atomic E-state index is 0.00157. The van der Waals surface area contributed by atoms with Crippen molar-refractivity contribution in [1.29, 1.82) is 10.5 Å². The molecule has 0 spiro atoms. The van der Waals surface area contributed by atoms with Crippen LogP contribution < -0.4 is 0 Å². The van der Waals surface area contributed by atoms with Gasteiger partial charge in [-0.15, -0.1) is 0 Å². The Hall–Kier alpha value is -2.82. The minimum Gasteiger partial charge on any atom is -0.342 e. The van der Waals surface area contributed by atoms with Crippen molar-refractivity contribution in [2.45, 2.75) is 60.3 Å². The number of rotatable bonds is 4.